The Morgan fingerprint density at radius 1 is 1.12 bits per heavy atom. The molecule has 126 valence electrons. The molecule has 0 saturated carbocycles. The van der Waals surface area contributed by atoms with Crippen molar-refractivity contribution in [3.05, 3.63) is 54.0 Å². The zero-order valence-electron chi connectivity index (χ0n) is 13.7. The number of amides is 2. The number of Topliss-reactive ketones (excluding diaryl/α,β-unsaturated/α-hetero) is 1. The van der Waals surface area contributed by atoms with E-state index in [9.17, 15) is 14.4 Å². The van der Waals surface area contributed by atoms with E-state index in [4.69, 9.17) is 4.42 Å². The Morgan fingerprint density at radius 3 is 2.54 bits per heavy atom. The number of hydrogen-bond acceptors (Lipinski definition) is 4. The Balaban J connectivity index is 1.90. The molecule has 0 radical (unpaired) electrons. The van der Waals surface area contributed by atoms with Crippen LogP contribution in [-0.4, -0.2) is 29.0 Å². The Bertz CT molecular complexity index is 722. The SMILES string of the molecule is CC(=O)c1cccc(NC(=O)CCN(Cc2ccco2)C(C)=O)c1. The summed E-state index contributed by atoms with van der Waals surface area (Å²) in [6.45, 7) is 3.54. The van der Waals surface area contributed by atoms with E-state index in [1.165, 1.54) is 13.8 Å². The molecule has 0 unspecified atom stereocenters. The summed E-state index contributed by atoms with van der Waals surface area (Å²) in [7, 11) is 0. The minimum absolute atomic E-state index is 0.0627. The minimum atomic E-state index is -0.221. The number of nitrogens with zero attached hydrogens (tertiary/aromatic N) is 1. The first-order valence-electron chi connectivity index (χ1n) is 7.64. The van der Waals surface area contributed by atoms with Crippen molar-refractivity contribution in [2.24, 2.45) is 0 Å². The first kappa shape index (κ1) is 17.5. The topological polar surface area (TPSA) is 79.6 Å². The number of furan rings is 1. The predicted molar refractivity (Wildman–Crippen MR) is 89.5 cm³/mol. The summed E-state index contributed by atoms with van der Waals surface area (Å²) in [6, 6.07) is 10.3. The highest BCUT2D eigenvalue weighted by Crippen LogP contribution is 2.12. The van der Waals surface area contributed by atoms with Crippen LogP contribution in [0.25, 0.3) is 0 Å². The van der Waals surface area contributed by atoms with Crippen molar-refractivity contribution in [1.82, 2.24) is 4.90 Å². The molecule has 6 heteroatoms. The zero-order valence-corrected chi connectivity index (χ0v) is 13.7. The quantitative estimate of drug-likeness (QED) is 0.793. The molecular weight excluding hydrogens is 308 g/mol. The summed E-state index contributed by atoms with van der Waals surface area (Å²) in [6.07, 6.45) is 1.70. The van der Waals surface area contributed by atoms with Crippen LogP contribution in [0.4, 0.5) is 5.69 Å². The number of hydrogen-bond donors (Lipinski definition) is 1. The van der Waals surface area contributed by atoms with E-state index in [-0.39, 0.29) is 30.6 Å². The molecular formula is C18H20N2O4. The lowest BCUT2D eigenvalue weighted by Gasteiger charge is -2.19. The van der Waals surface area contributed by atoms with Crippen LogP contribution in [0, 0.1) is 0 Å². The highest BCUT2D eigenvalue weighted by Gasteiger charge is 2.13. The zero-order chi connectivity index (χ0) is 17.5. The van der Waals surface area contributed by atoms with Gasteiger partial charge in [0, 0.05) is 31.1 Å². The lowest BCUT2D eigenvalue weighted by Crippen LogP contribution is -2.31. The molecule has 6 nitrogen and oxygen atoms in total. The molecule has 1 aromatic heterocycles. The number of nitrogens with one attached hydrogen (secondary N) is 1. The summed E-state index contributed by atoms with van der Waals surface area (Å²) in [5.74, 6) is 0.256. The van der Waals surface area contributed by atoms with Crippen LogP contribution >= 0.6 is 0 Å². The monoisotopic (exact) mass is 328 g/mol. The van der Waals surface area contributed by atoms with Crippen molar-refractivity contribution < 1.29 is 18.8 Å². The Morgan fingerprint density at radius 2 is 1.92 bits per heavy atom. The molecule has 0 aliphatic heterocycles. The molecule has 24 heavy (non-hydrogen) atoms. The standard InChI is InChI=1S/C18H20N2O4/c1-13(21)15-5-3-6-16(11-15)19-18(23)8-9-20(14(2)22)12-17-7-4-10-24-17/h3-7,10-11H,8-9,12H2,1-2H3,(H,19,23). The Kier molecular flexibility index (Phi) is 5.89. The third-order valence-electron chi connectivity index (χ3n) is 3.53. The fourth-order valence-electron chi connectivity index (χ4n) is 2.21. The maximum absolute atomic E-state index is 12.1. The number of carbonyl (C=O) groups is 3. The molecule has 2 rings (SSSR count). The van der Waals surface area contributed by atoms with Gasteiger partial charge in [-0.05, 0) is 31.2 Å². The van der Waals surface area contributed by atoms with Gasteiger partial charge in [0.25, 0.3) is 0 Å². The lowest BCUT2D eigenvalue weighted by molar-refractivity contribution is -0.130. The molecule has 0 bridgehead atoms. The number of anilines is 1. The van der Waals surface area contributed by atoms with Crippen LogP contribution in [0.1, 0.15) is 36.4 Å². The third kappa shape index (κ3) is 5.08. The summed E-state index contributed by atoms with van der Waals surface area (Å²) in [4.78, 5) is 36.6. The highest BCUT2D eigenvalue weighted by molar-refractivity contribution is 5.97. The molecule has 1 heterocycles. The molecule has 0 aliphatic rings. The van der Waals surface area contributed by atoms with Crippen molar-refractivity contribution in [3.63, 3.8) is 0 Å². The van der Waals surface area contributed by atoms with Crippen molar-refractivity contribution in [1.29, 1.82) is 0 Å². The van der Waals surface area contributed by atoms with Gasteiger partial charge in [-0.3, -0.25) is 14.4 Å². The van der Waals surface area contributed by atoms with Gasteiger partial charge in [-0.1, -0.05) is 12.1 Å². The molecule has 0 spiro atoms. The largest absolute Gasteiger partial charge is 0.467 e. The van der Waals surface area contributed by atoms with Gasteiger partial charge < -0.3 is 14.6 Å². The third-order valence-corrected chi connectivity index (χ3v) is 3.53. The number of ketones is 1. The van der Waals surface area contributed by atoms with Crippen LogP contribution in [-0.2, 0) is 16.1 Å². The van der Waals surface area contributed by atoms with Gasteiger partial charge in [0.15, 0.2) is 5.78 Å². The number of carbonyl (C=O) groups excluding carboxylic acids is 3. The fourth-order valence-corrected chi connectivity index (χ4v) is 2.21. The number of rotatable bonds is 7. The van der Waals surface area contributed by atoms with Gasteiger partial charge in [0.2, 0.25) is 11.8 Å². The van der Waals surface area contributed by atoms with E-state index >= 15 is 0 Å². The van der Waals surface area contributed by atoms with Crippen molar-refractivity contribution in [3.8, 4) is 0 Å². The van der Waals surface area contributed by atoms with Crippen LogP contribution in [0.5, 0.6) is 0 Å². The van der Waals surface area contributed by atoms with Gasteiger partial charge >= 0.3 is 0 Å². The maximum Gasteiger partial charge on any atom is 0.226 e. The molecule has 1 N–H and O–H groups in total. The average molecular weight is 328 g/mol. The van der Waals surface area contributed by atoms with Crippen LogP contribution < -0.4 is 5.32 Å². The normalized spacial score (nSPS) is 10.2. The minimum Gasteiger partial charge on any atom is -0.467 e. The second kappa shape index (κ2) is 8.10. The summed E-state index contributed by atoms with van der Waals surface area (Å²) in [5, 5.41) is 2.74. The number of benzene rings is 1. The van der Waals surface area contributed by atoms with E-state index in [1.807, 2.05) is 0 Å². The maximum atomic E-state index is 12.1. The van der Waals surface area contributed by atoms with Crippen LogP contribution in [0.3, 0.4) is 0 Å². The molecule has 0 aliphatic carbocycles. The Labute approximate surface area is 140 Å². The van der Waals surface area contributed by atoms with Crippen LogP contribution in [0.2, 0.25) is 0 Å². The van der Waals surface area contributed by atoms with Gasteiger partial charge in [-0.2, -0.15) is 0 Å². The molecule has 2 aromatic rings. The summed E-state index contributed by atoms with van der Waals surface area (Å²) in [5.41, 5.74) is 1.10. The molecule has 2 amide bonds. The summed E-state index contributed by atoms with van der Waals surface area (Å²) >= 11 is 0. The fraction of sp³-hybridized carbons (Fsp3) is 0.278. The van der Waals surface area contributed by atoms with E-state index in [0.717, 1.165) is 0 Å². The van der Waals surface area contributed by atoms with Gasteiger partial charge in [-0.25, -0.2) is 0 Å². The predicted octanol–water partition coefficient (Wildman–Crippen LogP) is 2.86. The molecule has 0 saturated heterocycles. The molecule has 0 fully saturated rings. The summed E-state index contributed by atoms with van der Waals surface area (Å²) < 4.78 is 5.23. The smallest absolute Gasteiger partial charge is 0.226 e. The average Bonchev–Trinajstić information content (AvgIpc) is 3.04. The van der Waals surface area contributed by atoms with E-state index in [1.54, 1.807) is 47.6 Å². The first-order valence-corrected chi connectivity index (χ1v) is 7.64. The molecule has 0 atom stereocenters. The first-order chi connectivity index (χ1) is 11.5. The van der Waals surface area contributed by atoms with E-state index < -0.39 is 0 Å². The second-order valence-corrected chi connectivity index (χ2v) is 5.46. The Hall–Kier alpha value is -2.89. The van der Waals surface area contributed by atoms with Gasteiger partial charge in [0.1, 0.15) is 5.76 Å². The van der Waals surface area contributed by atoms with Gasteiger partial charge in [0.05, 0.1) is 12.8 Å². The molecule has 1 aromatic carbocycles. The van der Waals surface area contributed by atoms with E-state index in [2.05, 4.69) is 5.32 Å². The highest BCUT2D eigenvalue weighted by atomic mass is 16.3. The van der Waals surface area contributed by atoms with Crippen LogP contribution in [0.15, 0.2) is 47.1 Å². The van der Waals surface area contributed by atoms with Crippen molar-refractivity contribution in [2.75, 3.05) is 11.9 Å². The van der Waals surface area contributed by atoms with Crippen molar-refractivity contribution >= 4 is 23.3 Å². The van der Waals surface area contributed by atoms with E-state index in [0.29, 0.717) is 23.6 Å². The van der Waals surface area contributed by atoms with Crippen molar-refractivity contribution in [2.45, 2.75) is 26.8 Å². The van der Waals surface area contributed by atoms with Gasteiger partial charge in [-0.15, -0.1) is 0 Å². The second-order valence-electron chi connectivity index (χ2n) is 5.46. The lowest BCUT2D eigenvalue weighted by atomic mass is 10.1.